The topological polar surface area (TPSA) is 71.3 Å². The molecule has 0 atom stereocenters. The van der Waals surface area contributed by atoms with E-state index in [1.807, 2.05) is 43.3 Å². The van der Waals surface area contributed by atoms with Crippen LogP contribution in [0.15, 0.2) is 76.8 Å². The number of carbonyl (C=O) groups is 1. The van der Waals surface area contributed by atoms with Crippen molar-refractivity contribution in [2.45, 2.75) is 13.5 Å². The Morgan fingerprint density at radius 3 is 2.45 bits per heavy atom. The van der Waals surface area contributed by atoms with Gasteiger partial charge in [0.25, 0.3) is 5.91 Å². The summed E-state index contributed by atoms with van der Waals surface area (Å²) in [7, 11) is 1.53. The zero-order valence-corrected chi connectivity index (χ0v) is 18.8. The van der Waals surface area contributed by atoms with Gasteiger partial charge in [0, 0.05) is 4.47 Å². The van der Waals surface area contributed by atoms with E-state index < -0.39 is 5.91 Å². The first-order chi connectivity index (χ1) is 15.0. The first kappa shape index (κ1) is 22.1. The number of rotatable bonds is 7. The number of carbonyl (C=O) groups excluding carboxylic acids is 1. The lowest BCUT2D eigenvalue weighted by Gasteiger charge is -2.10. The Morgan fingerprint density at radius 1 is 1.10 bits per heavy atom. The van der Waals surface area contributed by atoms with Crippen LogP contribution in [0.3, 0.4) is 0 Å². The fourth-order valence-electron chi connectivity index (χ4n) is 2.83. The van der Waals surface area contributed by atoms with Gasteiger partial charge in [0.2, 0.25) is 0 Å². The fraction of sp³-hybridized carbons (Fsp3) is 0.120. The number of methoxy groups -OCH3 is 1. The molecule has 0 saturated heterocycles. The van der Waals surface area contributed by atoms with Crippen LogP contribution in [0.25, 0.3) is 6.08 Å². The average molecular weight is 477 g/mol. The third kappa shape index (κ3) is 6.21. The normalized spacial score (nSPS) is 10.8. The number of nitrogens with zero attached hydrogens (tertiary/aromatic N) is 1. The number of benzene rings is 3. The summed E-state index contributed by atoms with van der Waals surface area (Å²) in [6.07, 6.45) is 1.54. The Kier molecular flexibility index (Phi) is 7.47. The molecule has 0 aliphatic heterocycles. The minimum absolute atomic E-state index is 0.00732. The molecule has 0 radical (unpaired) electrons. The van der Waals surface area contributed by atoms with E-state index in [0.29, 0.717) is 23.8 Å². The van der Waals surface area contributed by atoms with Crippen LogP contribution >= 0.6 is 15.9 Å². The molecule has 0 heterocycles. The zero-order chi connectivity index (χ0) is 22.2. The standard InChI is InChI=1S/C25H21BrN2O3/c1-17-3-12-24(30-2)23(13-17)28-25(29)20(15-27)14-18-6-10-22(11-7-18)31-16-19-4-8-21(26)9-5-19/h3-14H,16H2,1-2H3,(H,28,29)/b20-14+. The van der Waals surface area contributed by atoms with Gasteiger partial charge in [0.05, 0.1) is 12.8 Å². The molecule has 3 aromatic carbocycles. The molecular formula is C25H21BrN2O3. The maximum absolute atomic E-state index is 12.6. The van der Waals surface area contributed by atoms with Crippen LogP contribution in [0.5, 0.6) is 11.5 Å². The summed E-state index contributed by atoms with van der Waals surface area (Å²) in [5.74, 6) is 0.734. The Balaban J connectivity index is 1.67. The molecule has 0 spiro atoms. The van der Waals surface area contributed by atoms with Crippen LogP contribution in [0.4, 0.5) is 5.69 Å². The summed E-state index contributed by atoms with van der Waals surface area (Å²) in [4.78, 5) is 12.6. The minimum Gasteiger partial charge on any atom is -0.495 e. The second kappa shape index (κ2) is 10.5. The van der Waals surface area contributed by atoms with Crippen LogP contribution in [0, 0.1) is 18.3 Å². The number of nitriles is 1. The third-order valence-corrected chi connectivity index (χ3v) is 5.01. The quantitative estimate of drug-likeness (QED) is 0.340. The minimum atomic E-state index is -0.498. The predicted molar refractivity (Wildman–Crippen MR) is 125 cm³/mol. The molecule has 0 fully saturated rings. The van der Waals surface area contributed by atoms with Crippen molar-refractivity contribution in [1.29, 1.82) is 5.26 Å². The molecule has 3 rings (SSSR count). The number of ether oxygens (including phenoxy) is 2. The smallest absolute Gasteiger partial charge is 0.266 e. The summed E-state index contributed by atoms with van der Waals surface area (Å²) in [6.45, 7) is 2.36. The van der Waals surface area contributed by atoms with Crippen LogP contribution in [0.1, 0.15) is 16.7 Å². The Labute approximate surface area is 190 Å². The molecule has 1 N–H and O–H groups in total. The maximum atomic E-state index is 12.6. The van der Waals surface area contributed by atoms with E-state index in [4.69, 9.17) is 9.47 Å². The molecule has 0 saturated carbocycles. The fourth-order valence-corrected chi connectivity index (χ4v) is 3.10. The Hall–Kier alpha value is -3.56. The first-order valence-electron chi connectivity index (χ1n) is 9.53. The van der Waals surface area contributed by atoms with Crippen LogP contribution < -0.4 is 14.8 Å². The number of hydrogen-bond acceptors (Lipinski definition) is 4. The van der Waals surface area contributed by atoms with Gasteiger partial charge in [-0.05, 0) is 66.1 Å². The second-order valence-corrected chi connectivity index (χ2v) is 7.73. The molecule has 31 heavy (non-hydrogen) atoms. The molecule has 1 amide bonds. The summed E-state index contributed by atoms with van der Waals surface area (Å²) in [5, 5.41) is 12.2. The van der Waals surface area contributed by atoms with Crippen molar-refractivity contribution in [1.82, 2.24) is 0 Å². The summed E-state index contributed by atoms with van der Waals surface area (Å²) in [6, 6.07) is 22.5. The van der Waals surface area contributed by atoms with Crippen molar-refractivity contribution in [2.24, 2.45) is 0 Å². The van der Waals surface area contributed by atoms with Gasteiger partial charge in [-0.3, -0.25) is 4.79 Å². The van der Waals surface area contributed by atoms with Gasteiger partial charge >= 0.3 is 0 Å². The number of nitrogens with one attached hydrogen (secondary N) is 1. The van der Waals surface area contributed by atoms with E-state index in [1.165, 1.54) is 13.2 Å². The van der Waals surface area contributed by atoms with Crippen LogP contribution in [0.2, 0.25) is 0 Å². The van der Waals surface area contributed by atoms with Gasteiger partial charge in [0.15, 0.2) is 0 Å². The third-order valence-electron chi connectivity index (χ3n) is 4.48. The van der Waals surface area contributed by atoms with Gasteiger partial charge in [-0.2, -0.15) is 5.26 Å². The van der Waals surface area contributed by atoms with Gasteiger partial charge in [-0.15, -0.1) is 0 Å². The van der Waals surface area contributed by atoms with E-state index in [2.05, 4.69) is 21.2 Å². The molecule has 3 aromatic rings. The largest absolute Gasteiger partial charge is 0.495 e. The van der Waals surface area contributed by atoms with Gasteiger partial charge in [0.1, 0.15) is 29.7 Å². The predicted octanol–water partition coefficient (Wildman–Crippen LogP) is 5.89. The molecule has 0 aliphatic carbocycles. The van der Waals surface area contributed by atoms with Crippen molar-refractivity contribution in [3.8, 4) is 17.6 Å². The monoisotopic (exact) mass is 476 g/mol. The van der Waals surface area contributed by atoms with Crippen LogP contribution in [-0.4, -0.2) is 13.0 Å². The van der Waals surface area contributed by atoms with Crippen molar-refractivity contribution < 1.29 is 14.3 Å². The number of amides is 1. The molecule has 0 aromatic heterocycles. The highest BCUT2D eigenvalue weighted by Crippen LogP contribution is 2.26. The zero-order valence-electron chi connectivity index (χ0n) is 17.2. The first-order valence-corrected chi connectivity index (χ1v) is 10.3. The lowest BCUT2D eigenvalue weighted by atomic mass is 10.1. The average Bonchev–Trinajstić information content (AvgIpc) is 2.78. The highest BCUT2D eigenvalue weighted by molar-refractivity contribution is 9.10. The summed E-state index contributed by atoms with van der Waals surface area (Å²) < 4.78 is 12.1. The molecule has 0 unspecified atom stereocenters. The van der Waals surface area contributed by atoms with Crippen molar-refractivity contribution >= 4 is 33.6 Å². The van der Waals surface area contributed by atoms with E-state index in [0.717, 1.165) is 21.2 Å². The molecule has 5 nitrogen and oxygen atoms in total. The highest BCUT2D eigenvalue weighted by Gasteiger charge is 2.12. The van der Waals surface area contributed by atoms with Gasteiger partial charge < -0.3 is 14.8 Å². The van der Waals surface area contributed by atoms with Gasteiger partial charge in [-0.25, -0.2) is 0 Å². The molecule has 0 aliphatic rings. The highest BCUT2D eigenvalue weighted by atomic mass is 79.9. The molecule has 156 valence electrons. The Bertz CT molecular complexity index is 1130. The van der Waals surface area contributed by atoms with Crippen molar-refractivity contribution in [3.63, 3.8) is 0 Å². The lowest BCUT2D eigenvalue weighted by Crippen LogP contribution is -2.14. The maximum Gasteiger partial charge on any atom is 0.266 e. The van der Waals surface area contributed by atoms with E-state index in [1.54, 1.807) is 36.4 Å². The molecule has 0 bridgehead atoms. The number of hydrogen-bond donors (Lipinski definition) is 1. The summed E-state index contributed by atoms with van der Waals surface area (Å²) in [5.41, 5.74) is 3.26. The van der Waals surface area contributed by atoms with Gasteiger partial charge in [-0.1, -0.05) is 46.3 Å². The van der Waals surface area contributed by atoms with E-state index in [-0.39, 0.29) is 5.57 Å². The lowest BCUT2D eigenvalue weighted by molar-refractivity contribution is -0.112. The second-order valence-electron chi connectivity index (χ2n) is 6.81. The van der Waals surface area contributed by atoms with Crippen LogP contribution in [-0.2, 0) is 11.4 Å². The number of aryl methyl sites for hydroxylation is 1. The molecular weight excluding hydrogens is 456 g/mol. The van der Waals surface area contributed by atoms with Crippen molar-refractivity contribution in [3.05, 3.63) is 93.5 Å². The molecule has 6 heteroatoms. The van der Waals surface area contributed by atoms with E-state index in [9.17, 15) is 10.1 Å². The number of anilines is 1. The SMILES string of the molecule is COc1ccc(C)cc1NC(=O)/C(C#N)=C/c1ccc(OCc2ccc(Br)cc2)cc1. The van der Waals surface area contributed by atoms with E-state index >= 15 is 0 Å². The number of halogens is 1. The Morgan fingerprint density at radius 2 is 1.81 bits per heavy atom. The van der Waals surface area contributed by atoms with Crippen molar-refractivity contribution in [2.75, 3.05) is 12.4 Å². The summed E-state index contributed by atoms with van der Waals surface area (Å²) >= 11 is 3.41.